The molecule has 1 N–H and O–H groups in total. The van der Waals surface area contributed by atoms with Crippen molar-refractivity contribution in [3.63, 3.8) is 0 Å². The zero-order valence-electron chi connectivity index (χ0n) is 23.8. The van der Waals surface area contributed by atoms with Crippen LogP contribution in [0.3, 0.4) is 0 Å². The van der Waals surface area contributed by atoms with Crippen molar-refractivity contribution >= 4 is 33.1 Å². The number of carbonyl (C=O) groups is 2. The van der Waals surface area contributed by atoms with E-state index < -0.39 is 22.5 Å². The maximum Gasteiger partial charge on any atom is 0.264 e. The molecular formula is C33H34N2O5S. The molecule has 0 radical (unpaired) electrons. The van der Waals surface area contributed by atoms with E-state index in [2.05, 4.69) is 26.1 Å². The van der Waals surface area contributed by atoms with Gasteiger partial charge in [-0.3, -0.25) is 13.9 Å². The molecule has 0 fully saturated rings. The Morgan fingerprint density at radius 1 is 0.829 bits per heavy atom. The Bertz CT molecular complexity index is 1640. The van der Waals surface area contributed by atoms with Crippen molar-refractivity contribution in [1.82, 2.24) is 0 Å². The second-order valence-electron chi connectivity index (χ2n) is 10.8. The molecule has 0 atom stereocenters. The molecule has 0 unspecified atom stereocenters. The lowest BCUT2D eigenvalue weighted by atomic mass is 9.86. The van der Waals surface area contributed by atoms with Crippen LogP contribution in [0, 0.1) is 6.92 Å². The second kappa shape index (κ2) is 12.0. The fourth-order valence-electron chi connectivity index (χ4n) is 4.26. The standard InChI is InChI=1S/C33H34N2O5S/c1-23-9-15-28(16-10-23)35(41(38,39)30-19-17-29(40-5)18-20-30)22-31(36)34-27-8-6-7-25(21-27)32(37)24-11-13-26(14-12-24)33(2,3)4/h6-21H,22H2,1-5H3,(H,34,36). The highest BCUT2D eigenvalue weighted by atomic mass is 32.2. The highest BCUT2D eigenvalue weighted by Crippen LogP contribution is 2.26. The first-order valence-electron chi connectivity index (χ1n) is 13.2. The molecule has 7 nitrogen and oxygen atoms in total. The molecule has 4 rings (SSSR count). The van der Waals surface area contributed by atoms with Gasteiger partial charge < -0.3 is 10.1 Å². The van der Waals surface area contributed by atoms with E-state index in [0.717, 1.165) is 15.4 Å². The number of amides is 1. The van der Waals surface area contributed by atoms with Crippen LogP contribution in [-0.4, -0.2) is 33.8 Å². The zero-order valence-corrected chi connectivity index (χ0v) is 24.7. The molecular weight excluding hydrogens is 536 g/mol. The third-order valence-corrected chi connectivity index (χ3v) is 8.47. The molecule has 4 aromatic carbocycles. The first-order chi connectivity index (χ1) is 19.4. The molecule has 0 saturated carbocycles. The third-order valence-electron chi connectivity index (χ3n) is 6.68. The molecule has 0 spiro atoms. The highest BCUT2D eigenvalue weighted by Gasteiger charge is 2.27. The Morgan fingerprint density at radius 3 is 2.05 bits per heavy atom. The average Bonchev–Trinajstić information content (AvgIpc) is 2.96. The molecule has 0 aliphatic rings. The van der Waals surface area contributed by atoms with E-state index in [1.54, 1.807) is 72.8 Å². The van der Waals surface area contributed by atoms with Gasteiger partial charge in [0.15, 0.2) is 5.78 Å². The van der Waals surface area contributed by atoms with Gasteiger partial charge >= 0.3 is 0 Å². The summed E-state index contributed by atoms with van der Waals surface area (Å²) >= 11 is 0. The van der Waals surface area contributed by atoms with Crippen LogP contribution in [0.4, 0.5) is 11.4 Å². The minimum atomic E-state index is -4.09. The number of carbonyl (C=O) groups excluding carboxylic acids is 2. The fraction of sp³-hybridized carbons (Fsp3) is 0.212. The summed E-state index contributed by atoms with van der Waals surface area (Å²) in [6.07, 6.45) is 0. The number of hydrogen-bond donors (Lipinski definition) is 1. The van der Waals surface area contributed by atoms with Crippen molar-refractivity contribution in [3.05, 3.63) is 119 Å². The maximum atomic E-state index is 13.7. The Labute approximate surface area is 241 Å². The molecule has 0 heterocycles. The molecule has 212 valence electrons. The summed E-state index contributed by atoms with van der Waals surface area (Å²) in [6, 6.07) is 27.0. The molecule has 0 aromatic heterocycles. The van der Waals surface area contributed by atoms with Crippen molar-refractivity contribution in [3.8, 4) is 5.75 Å². The Morgan fingerprint density at radius 2 is 1.46 bits per heavy atom. The molecule has 0 aliphatic carbocycles. The van der Waals surface area contributed by atoms with E-state index >= 15 is 0 Å². The van der Waals surface area contributed by atoms with Crippen molar-refractivity contribution in [2.75, 3.05) is 23.3 Å². The summed E-state index contributed by atoms with van der Waals surface area (Å²) in [5.74, 6) is -0.213. The Hall–Kier alpha value is -4.43. The number of anilines is 2. The van der Waals surface area contributed by atoms with Gasteiger partial charge in [0, 0.05) is 16.8 Å². The minimum absolute atomic E-state index is 0.0248. The first kappa shape index (κ1) is 29.6. The summed E-state index contributed by atoms with van der Waals surface area (Å²) in [5.41, 5.74) is 3.73. The van der Waals surface area contributed by atoms with Crippen LogP contribution in [0.15, 0.2) is 102 Å². The van der Waals surface area contributed by atoms with Gasteiger partial charge in [0.2, 0.25) is 5.91 Å². The smallest absolute Gasteiger partial charge is 0.264 e. The maximum absolute atomic E-state index is 13.7. The quantitative estimate of drug-likeness (QED) is 0.236. The summed E-state index contributed by atoms with van der Waals surface area (Å²) in [7, 11) is -2.59. The van der Waals surface area contributed by atoms with E-state index in [4.69, 9.17) is 4.74 Å². The van der Waals surface area contributed by atoms with Crippen LogP contribution in [-0.2, 0) is 20.2 Å². The predicted octanol–water partition coefficient (Wildman–Crippen LogP) is 6.37. The average molecular weight is 571 g/mol. The lowest BCUT2D eigenvalue weighted by Crippen LogP contribution is -2.38. The van der Waals surface area contributed by atoms with Gasteiger partial charge in [0.25, 0.3) is 10.0 Å². The lowest BCUT2D eigenvalue weighted by molar-refractivity contribution is -0.114. The van der Waals surface area contributed by atoms with E-state index in [1.807, 2.05) is 19.1 Å². The topological polar surface area (TPSA) is 92.8 Å². The predicted molar refractivity (Wildman–Crippen MR) is 162 cm³/mol. The fourth-order valence-corrected chi connectivity index (χ4v) is 5.68. The van der Waals surface area contributed by atoms with Gasteiger partial charge in [-0.05, 0) is 66.4 Å². The van der Waals surface area contributed by atoms with Crippen LogP contribution in [0.1, 0.15) is 47.8 Å². The lowest BCUT2D eigenvalue weighted by Gasteiger charge is -2.24. The number of methoxy groups -OCH3 is 1. The monoisotopic (exact) mass is 570 g/mol. The van der Waals surface area contributed by atoms with Gasteiger partial charge in [0.1, 0.15) is 12.3 Å². The number of nitrogens with one attached hydrogen (secondary N) is 1. The zero-order chi connectivity index (χ0) is 29.8. The Balaban J connectivity index is 1.56. The first-order valence-corrected chi connectivity index (χ1v) is 14.6. The van der Waals surface area contributed by atoms with Crippen molar-refractivity contribution < 1.29 is 22.7 Å². The number of rotatable bonds is 9. The van der Waals surface area contributed by atoms with Crippen LogP contribution in [0.25, 0.3) is 0 Å². The van der Waals surface area contributed by atoms with E-state index in [9.17, 15) is 18.0 Å². The second-order valence-corrected chi connectivity index (χ2v) is 12.7. The molecule has 8 heteroatoms. The highest BCUT2D eigenvalue weighted by molar-refractivity contribution is 7.92. The van der Waals surface area contributed by atoms with Gasteiger partial charge in [0.05, 0.1) is 17.7 Å². The summed E-state index contributed by atoms with van der Waals surface area (Å²) in [6.45, 7) is 7.75. The van der Waals surface area contributed by atoms with Crippen LogP contribution < -0.4 is 14.4 Å². The van der Waals surface area contributed by atoms with Crippen LogP contribution in [0.5, 0.6) is 5.75 Å². The number of nitrogens with zero attached hydrogens (tertiary/aromatic N) is 1. The summed E-state index contributed by atoms with van der Waals surface area (Å²) in [5, 5.41) is 2.75. The molecule has 0 saturated heterocycles. The number of benzene rings is 4. The van der Waals surface area contributed by atoms with Crippen molar-refractivity contribution in [2.24, 2.45) is 0 Å². The molecule has 0 bridgehead atoms. The normalized spacial score (nSPS) is 11.5. The number of aryl methyl sites for hydroxylation is 1. The van der Waals surface area contributed by atoms with E-state index in [-0.39, 0.29) is 16.1 Å². The van der Waals surface area contributed by atoms with E-state index in [0.29, 0.717) is 28.3 Å². The summed E-state index contributed by atoms with van der Waals surface area (Å²) in [4.78, 5) is 26.4. The van der Waals surface area contributed by atoms with Gasteiger partial charge in [-0.15, -0.1) is 0 Å². The largest absolute Gasteiger partial charge is 0.497 e. The molecule has 4 aromatic rings. The number of ether oxygens (including phenoxy) is 1. The SMILES string of the molecule is COc1ccc(S(=O)(=O)N(CC(=O)Nc2cccc(C(=O)c3ccc(C(C)(C)C)cc3)c2)c2ccc(C)cc2)cc1. The summed E-state index contributed by atoms with van der Waals surface area (Å²) < 4.78 is 33.5. The third kappa shape index (κ3) is 7.02. The van der Waals surface area contributed by atoms with Crippen molar-refractivity contribution in [1.29, 1.82) is 0 Å². The van der Waals surface area contributed by atoms with Crippen LogP contribution >= 0.6 is 0 Å². The molecule has 0 aliphatic heterocycles. The molecule has 41 heavy (non-hydrogen) atoms. The number of hydrogen-bond acceptors (Lipinski definition) is 5. The van der Waals surface area contributed by atoms with Crippen LogP contribution in [0.2, 0.25) is 0 Å². The minimum Gasteiger partial charge on any atom is -0.497 e. The van der Waals surface area contributed by atoms with Gasteiger partial charge in [-0.1, -0.05) is 74.9 Å². The van der Waals surface area contributed by atoms with Gasteiger partial charge in [-0.2, -0.15) is 0 Å². The number of sulfonamides is 1. The van der Waals surface area contributed by atoms with Gasteiger partial charge in [-0.25, -0.2) is 8.42 Å². The van der Waals surface area contributed by atoms with Crippen molar-refractivity contribution in [2.45, 2.75) is 38.0 Å². The number of ketones is 1. The van der Waals surface area contributed by atoms with E-state index in [1.165, 1.54) is 19.2 Å². The Kier molecular flexibility index (Phi) is 8.63. The molecule has 1 amide bonds.